The summed E-state index contributed by atoms with van der Waals surface area (Å²) in [5.74, 6) is 3.28. The van der Waals surface area contributed by atoms with Crippen LogP contribution in [0.15, 0.2) is 0 Å². The summed E-state index contributed by atoms with van der Waals surface area (Å²) in [7, 11) is -1.26. The van der Waals surface area contributed by atoms with Gasteiger partial charge in [0.15, 0.2) is 0 Å². The van der Waals surface area contributed by atoms with Gasteiger partial charge in [-0.3, -0.25) is 0 Å². The first-order valence-corrected chi connectivity index (χ1v) is 9.20. The van der Waals surface area contributed by atoms with Gasteiger partial charge < -0.3 is 14.1 Å². The minimum Gasteiger partial charge on any atom is -0.553 e. The Bertz CT molecular complexity index is 295. The molecule has 0 aliphatic carbocycles. The number of hydrogen-bond donors (Lipinski definition) is 0. The Balaban J connectivity index is 2.01. The van der Waals surface area contributed by atoms with Gasteiger partial charge in [-0.2, -0.15) is 0 Å². The van der Waals surface area contributed by atoms with Gasteiger partial charge in [0.1, 0.15) is 8.07 Å². The molecular weight excluding hydrogens is 205 g/mol. The molecule has 0 radical (unpaired) electrons. The van der Waals surface area contributed by atoms with Crippen LogP contribution in [0.3, 0.4) is 0 Å². The zero-order chi connectivity index (χ0) is 10.9. The Morgan fingerprint density at radius 1 is 1.20 bits per heavy atom. The van der Waals surface area contributed by atoms with Crippen LogP contribution in [0.2, 0.25) is 26.0 Å². The Kier molecular flexibility index (Phi) is 2.95. The van der Waals surface area contributed by atoms with Crippen LogP contribution in [0.4, 0.5) is 0 Å². The number of nitrogens with zero attached hydrogens (tertiary/aromatic N) is 1. The van der Waals surface area contributed by atoms with Gasteiger partial charge in [0.2, 0.25) is 0 Å². The van der Waals surface area contributed by atoms with Crippen LogP contribution in [0.5, 0.6) is 0 Å². The lowest BCUT2D eigenvalue weighted by molar-refractivity contribution is 0.223. The highest BCUT2D eigenvalue weighted by molar-refractivity contribution is 6.84. The average molecular weight is 224 g/mol. The van der Waals surface area contributed by atoms with Gasteiger partial charge in [-0.15, -0.1) is 11.5 Å². The third kappa shape index (κ3) is 2.45. The van der Waals surface area contributed by atoms with E-state index in [9.17, 15) is 0 Å². The second-order valence-electron chi connectivity index (χ2n) is 5.36. The number of fused-ring (bicyclic) bond motifs is 1. The maximum absolute atomic E-state index is 5.76. The Morgan fingerprint density at radius 2 is 1.80 bits per heavy atom. The molecule has 0 aromatic carbocycles. The predicted molar refractivity (Wildman–Crippen MR) is 65.2 cm³/mol. The average Bonchev–Trinajstić information content (AvgIpc) is 2.59. The minimum absolute atomic E-state index is 0.754. The van der Waals surface area contributed by atoms with Gasteiger partial charge >= 0.3 is 6.69 Å². The van der Waals surface area contributed by atoms with Crippen molar-refractivity contribution in [3.63, 3.8) is 0 Å². The molecule has 0 unspecified atom stereocenters. The third-order valence-corrected chi connectivity index (χ3v) is 3.82. The van der Waals surface area contributed by atoms with Crippen molar-refractivity contribution in [2.75, 3.05) is 26.3 Å². The Hall–Kier alpha value is -0.278. The van der Waals surface area contributed by atoms with Crippen LogP contribution in [-0.4, -0.2) is 45.9 Å². The number of hydrogen-bond acceptors (Lipinski definition) is 3. The van der Waals surface area contributed by atoms with E-state index in [-0.39, 0.29) is 0 Å². The molecule has 2 aliphatic heterocycles. The first-order valence-electron chi connectivity index (χ1n) is 5.70. The van der Waals surface area contributed by atoms with E-state index in [1.54, 1.807) is 0 Å². The normalized spacial score (nSPS) is 24.7. The lowest BCUT2D eigenvalue weighted by atomic mass is 9.68. The van der Waals surface area contributed by atoms with Crippen LogP contribution in [0.1, 0.15) is 0 Å². The fourth-order valence-electron chi connectivity index (χ4n) is 2.16. The van der Waals surface area contributed by atoms with Gasteiger partial charge in [0.25, 0.3) is 0 Å². The van der Waals surface area contributed by atoms with Crippen LogP contribution in [-0.2, 0) is 9.31 Å². The molecule has 0 amide bonds. The Morgan fingerprint density at radius 3 is 2.33 bits per heavy atom. The van der Waals surface area contributed by atoms with Crippen LogP contribution in [0, 0.1) is 11.5 Å². The maximum Gasteiger partial charge on any atom is 0.329 e. The molecule has 5 heteroatoms. The fraction of sp³-hybridized carbons (Fsp3) is 0.800. The molecule has 2 rings (SSSR count). The SMILES string of the molecule is C[Si](C)(C)C#CC[B-]12OCCN1CCO2. The van der Waals surface area contributed by atoms with Crippen molar-refractivity contribution in [2.24, 2.45) is 0 Å². The molecular formula is C10H19BNO2Si-. The monoisotopic (exact) mass is 224 g/mol. The quantitative estimate of drug-likeness (QED) is 0.493. The molecule has 0 aromatic heterocycles. The van der Waals surface area contributed by atoms with Crippen molar-refractivity contribution in [1.29, 1.82) is 0 Å². The van der Waals surface area contributed by atoms with Crippen molar-refractivity contribution < 1.29 is 9.31 Å². The molecule has 3 nitrogen and oxygen atoms in total. The smallest absolute Gasteiger partial charge is 0.329 e. The molecule has 2 fully saturated rings. The summed E-state index contributed by atoms with van der Waals surface area (Å²) in [5.41, 5.74) is 3.37. The topological polar surface area (TPSA) is 21.7 Å². The zero-order valence-corrected chi connectivity index (χ0v) is 10.9. The van der Waals surface area contributed by atoms with Gasteiger partial charge in [-0.05, 0) is 19.4 Å². The van der Waals surface area contributed by atoms with Crippen LogP contribution in [0.25, 0.3) is 0 Å². The highest BCUT2D eigenvalue weighted by Gasteiger charge is 2.41. The summed E-state index contributed by atoms with van der Waals surface area (Å²) in [6.07, 6.45) is 0.754. The second-order valence-corrected chi connectivity index (χ2v) is 10.1. The van der Waals surface area contributed by atoms with Gasteiger partial charge in [-0.25, -0.2) is 0 Å². The summed E-state index contributed by atoms with van der Waals surface area (Å²) < 4.78 is 11.5. The first kappa shape index (κ1) is 11.2. The highest BCUT2D eigenvalue weighted by atomic mass is 28.3. The fourth-order valence-corrected chi connectivity index (χ4v) is 2.80. The van der Waals surface area contributed by atoms with E-state index < -0.39 is 14.8 Å². The van der Waals surface area contributed by atoms with E-state index in [0.717, 1.165) is 32.6 Å². The Labute approximate surface area is 93.1 Å². The molecule has 2 aliphatic rings. The molecule has 0 N–H and O–H groups in total. The molecule has 15 heavy (non-hydrogen) atoms. The van der Waals surface area contributed by atoms with Gasteiger partial charge in [0, 0.05) is 13.2 Å². The predicted octanol–water partition coefficient (Wildman–Crippen LogP) is 1.17. The van der Waals surface area contributed by atoms with E-state index in [0.29, 0.717) is 0 Å². The van der Waals surface area contributed by atoms with Crippen LogP contribution >= 0.6 is 0 Å². The third-order valence-electron chi connectivity index (χ3n) is 2.89. The van der Waals surface area contributed by atoms with Gasteiger partial charge in [0.05, 0.1) is 0 Å². The lowest BCUT2D eigenvalue weighted by Crippen LogP contribution is -2.46. The van der Waals surface area contributed by atoms with E-state index in [4.69, 9.17) is 9.31 Å². The summed E-state index contributed by atoms with van der Waals surface area (Å²) in [6, 6.07) is 0. The summed E-state index contributed by atoms with van der Waals surface area (Å²) in [5, 5.41) is 0. The lowest BCUT2D eigenvalue weighted by Gasteiger charge is -2.34. The molecule has 0 spiro atoms. The maximum atomic E-state index is 5.76. The molecule has 0 saturated carbocycles. The van der Waals surface area contributed by atoms with Crippen molar-refractivity contribution >= 4 is 14.8 Å². The molecule has 84 valence electrons. The van der Waals surface area contributed by atoms with Crippen molar-refractivity contribution in [2.45, 2.75) is 26.0 Å². The van der Waals surface area contributed by atoms with Crippen LogP contribution < -0.4 is 0 Å². The summed E-state index contributed by atoms with van der Waals surface area (Å²) in [4.78, 5) is 2.32. The van der Waals surface area contributed by atoms with E-state index in [1.807, 2.05) is 0 Å². The zero-order valence-electron chi connectivity index (χ0n) is 9.88. The molecule has 2 saturated heterocycles. The first-order chi connectivity index (χ1) is 7.02. The van der Waals surface area contributed by atoms with Crippen molar-refractivity contribution in [1.82, 2.24) is 4.81 Å². The summed E-state index contributed by atoms with van der Waals surface area (Å²) >= 11 is 0. The van der Waals surface area contributed by atoms with E-state index in [2.05, 4.69) is 35.9 Å². The second kappa shape index (κ2) is 3.95. The van der Waals surface area contributed by atoms with Crippen molar-refractivity contribution in [3.05, 3.63) is 0 Å². The van der Waals surface area contributed by atoms with Gasteiger partial charge in [-0.1, -0.05) is 19.6 Å². The minimum atomic E-state index is -1.26. The molecule has 0 aromatic rings. The molecule has 0 bridgehead atoms. The standard InChI is InChI=1S/C10H19BNO2Si/c1-15(2,3)10-4-5-11-12(6-8-13-11)7-9-14-11/h5-9H2,1-3H3/q-1. The largest absolute Gasteiger partial charge is 0.553 e. The van der Waals surface area contributed by atoms with E-state index >= 15 is 0 Å². The summed E-state index contributed by atoms with van der Waals surface area (Å²) in [6.45, 7) is 9.21. The molecule has 2 heterocycles. The highest BCUT2D eigenvalue weighted by Crippen LogP contribution is 2.28. The number of rotatable bonds is 1. The van der Waals surface area contributed by atoms with E-state index in [1.165, 1.54) is 0 Å². The molecule has 0 atom stereocenters. The van der Waals surface area contributed by atoms with Crippen molar-refractivity contribution in [3.8, 4) is 11.5 Å².